The van der Waals surface area contributed by atoms with Crippen molar-refractivity contribution in [3.8, 4) is 0 Å². The van der Waals surface area contributed by atoms with Crippen LogP contribution in [0.2, 0.25) is 0 Å². The zero-order chi connectivity index (χ0) is 23.5. The number of ether oxygens (including phenoxy) is 2. The van der Waals surface area contributed by atoms with Gasteiger partial charge in [-0.3, -0.25) is 4.79 Å². The van der Waals surface area contributed by atoms with Crippen LogP contribution in [0.15, 0.2) is 60.8 Å². The highest BCUT2D eigenvalue weighted by atomic mass is 16.5. The van der Waals surface area contributed by atoms with Gasteiger partial charge in [-0.05, 0) is 32.4 Å². The number of benzene rings is 2. The minimum atomic E-state index is -1.15. The van der Waals surface area contributed by atoms with Gasteiger partial charge in [-0.2, -0.15) is 0 Å². The predicted octanol–water partition coefficient (Wildman–Crippen LogP) is 5.07. The monoisotopic (exact) mass is 444 g/mol. The predicted molar refractivity (Wildman–Crippen MR) is 123 cm³/mol. The van der Waals surface area contributed by atoms with E-state index in [1.54, 1.807) is 51.2 Å². The fraction of sp³-hybridized carbons (Fsp3) is 0.192. The Hall–Kier alpha value is -4.13. The lowest BCUT2D eigenvalue weighted by Crippen LogP contribution is -2.21. The summed E-state index contributed by atoms with van der Waals surface area (Å²) in [4.78, 5) is 45.0. The molecule has 0 saturated carbocycles. The largest absolute Gasteiger partial charge is 0.461 e. The molecule has 0 aliphatic carbocycles. The molecule has 0 bridgehead atoms. The molecule has 0 spiro atoms. The van der Waals surface area contributed by atoms with Gasteiger partial charge in [0.05, 0.1) is 12.2 Å². The SMILES string of the molecule is CCOC(=O)c1[nH]c(C)c(C(=O)OC(C(=O)c2c[nH]c3ccccc23)c2ccccc2)c1C. The van der Waals surface area contributed by atoms with Gasteiger partial charge in [0, 0.05) is 33.9 Å². The Labute approximate surface area is 190 Å². The van der Waals surface area contributed by atoms with Gasteiger partial charge in [-0.15, -0.1) is 0 Å². The molecule has 0 amide bonds. The average molecular weight is 444 g/mol. The Bertz CT molecular complexity index is 1330. The Balaban J connectivity index is 1.71. The van der Waals surface area contributed by atoms with Gasteiger partial charge in [-0.1, -0.05) is 48.5 Å². The number of hydrogen-bond donors (Lipinski definition) is 2. The molecule has 0 saturated heterocycles. The van der Waals surface area contributed by atoms with Crippen LogP contribution in [0.25, 0.3) is 10.9 Å². The highest BCUT2D eigenvalue weighted by Crippen LogP contribution is 2.29. The van der Waals surface area contributed by atoms with Crippen LogP contribution in [-0.2, 0) is 9.47 Å². The first kappa shape index (κ1) is 22.1. The number of rotatable bonds is 7. The second-order valence-electron chi connectivity index (χ2n) is 7.65. The molecular formula is C26H24N2O5. The fourth-order valence-electron chi connectivity index (χ4n) is 3.95. The van der Waals surface area contributed by atoms with E-state index >= 15 is 0 Å². The maximum absolute atomic E-state index is 13.6. The van der Waals surface area contributed by atoms with Crippen molar-refractivity contribution in [1.29, 1.82) is 0 Å². The smallest absolute Gasteiger partial charge is 0.355 e. The van der Waals surface area contributed by atoms with Crippen LogP contribution in [-0.4, -0.2) is 34.3 Å². The Morgan fingerprint density at radius 2 is 1.64 bits per heavy atom. The first-order chi connectivity index (χ1) is 15.9. The standard InChI is InChI=1S/C26H24N2O5/c1-4-32-26(31)22-15(2)21(16(3)28-22)25(30)33-24(17-10-6-5-7-11-17)23(29)19-14-27-20-13-9-8-12-18(19)20/h5-14,24,27-28H,4H2,1-3H3. The number of Topliss-reactive ketones (excluding diaryl/α,β-unsaturated/α-hetero) is 1. The van der Waals surface area contributed by atoms with Crippen molar-refractivity contribution < 1.29 is 23.9 Å². The van der Waals surface area contributed by atoms with Crippen LogP contribution < -0.4 is 0 Å². The van der Waals surface area contributed by atoms with Crippen molar-refractivity contribution in [3.05, 3.63) is 94.4 Å². The minimum absolute atomic E-state index is 0.195. The molecular weight excluding hydrogens is 420 g/mol. The zero-order valence-corrected chi connectivity index (χ0v) is 18.6. The fourth-order valence-corrected chi connectivity index (χ4v) is 3.95. The van der Waals surface area contributed by atoms with Gasteiger partial charge < -0.3 is 19.4 Å². The van der Waals surface area contributed by atoms with Crippen LogP contribution in [0.3, 0.4) is 0 Å². The Morgan fingerprint density at radius 1 is 0.939 bits per heavy atom. The molecule has 2 aromatic heterocycles. The number of aryl methyl sites for hydroxylation is 1. The molecule has 0 radical (unpaired) electrons. The highest BCUT2D eigenvalue weighted by molar-refractivity contribution is 6.11. The molecule has 168 valence electrons. The van der Waals surface area contributed by atoms with Crippen LogP contribution in [0, 0.1) is 13.8 Å². The first-order valence-electron chi connectivity index (χ1n) is 10.6. The van der Waals surface area contributed by atoms with Crippen molar-refractivity contribution in [1.82, 2.24) is 9.97 Å². The first-order valence-corrected chi connectivity index (χ1v) is 10.6. The number of aromatic nitrogens is 2. The summed E-state index contributed by atoms with van der Waals surface area (Å²) in [5.41, 5.74) is 3.09. The molecule has 0 fully saturated rings. The lowest BCUT2D eigenvalue weighted by molar-refractivity contribution is 0.0279. The minimum Gasteiger partial charge on any atom is -0.461 e. The van der Waals surface area contributed by atoms with E-state index < -0.39 is 18.0 Å². The maximum Gasteiger partial charge on any atom is 0.355 e. The van der Waals surface area contributed by atoms with Crippen LogP contribution in [0.4, 0.5) is 0 Å². The number of para-hydroxylation sites is 1. The molecule has 1 unspecified atom stereocenters. The van der Waals surface area contributed by atoms with E-state index in [2.05, 4.69) is 9.97 Å². The second kappa shape index (κ2) is 9.16. The van der Waals surface area contributed by atoms with E-state index in [-0.39, 0.29) is 23.6 Å². The number of fused-ring (bicyclic) bond motifs is 1. The summed E-state index contributed by atoms with van der Waals surface area (Å²) in [7, 11) is 0. The van der Waals surface area contributed by atoms with Crippen molar-refractivity contribution in [3.63, 3.8) is 0 Å². The summed E-state index contributed by atoms with van der Waals surface area (Å²) in [5, 5.41) is 0.748. The molecule has 2 N–H and O–H groups in total. The lowest BCUT2D eigenvalue weighted by atomic mass is 9.99. The van der Waals surface area contributed by atoms with E-state index in [9.17, 15) is 14.4 Å². The summed E-state index contributed by atoms with van der Waals surface area (Å²) in [6.07, 6.45) is 0.472. The molecule has 2 heterocycles. The van der Waals surface area contributed by atoms with Gasteiger partial charge >= 0.3 is 11.9 Å². The van der Waals surface area contributed by atoms with Gasteiger partial charge in [0.1, 0.15) is 5.69 Å². The Morgan fingerprint density at radius 3 is 2.36 bits per heavy atom. The van der Waals surface area contributed by atoms with Crippen LogP contribution in [0.1, 0.15) is 61.1 Å². The number of ketones is 1. The summed E-state index contributed by atoms with van der Waals surface area (Å²) in [5.74, 6) is -1.59. The van der Waals surface area contributed by atoms with Gasteiger partial charge in [0.2, 0.25) is 5.78 Å². The third-order valence-corrected chi connectivity index (χ3v) is 5.54. The third kappa shape index (κ3) is 4.17. The van der Waals surface area contributed by atoms with E-state index in [0.717, 1.165) is 10.9 Å². The summed E-state index contributed by atoms with van der Waals surface area (Å²) < 4.78 is 10.9. The number of hydrogen-bond acceptors (Lipinski definition) is 5. The lowest BCUT2D eigenvalue weighted by Gasteiger charge is -2.17. The number of H-pyrrole nitrogens is 2. The van der Waals surface area contributed by atoms with Crippen molar-refractivity contribution in [2.24, 2.45) is 0 Å². The average Bonchev–Trinajstić information content (AvgIpc) is 3.38. The molecule has 2 aromatic carbocycles. The Kier molecular flexibility index (Phi) is 6.13. The van der Waals surface area contributed by atoms with E-state index in [1.165, 1.54) is 0 Å². The molecule has 33 heavy (non-hydrogen) atoms. The number of esters is 2. The van der Waals surface area contributed by atoms with Crippen LogP contribution >= 0.6 is 0 Å². The molecule has 7 nitrogen and oxygen atoms in total. The number of nitrogens with one attached hydrogen (secondary N) is 2. The zero-order valence-electron chi connectivity index (χ0n) is 18.6. The quantitative estimate of drug-likeness (QED) is 0.306. The maximum atomic E-state index is 13.6. The van der Waals surface area contributed by atoms with Crippen molar-refractivity contribution in [2.45, 2.75) is 26.9 Å². The number of aromatic amines is 2. The molecule has 4 aromatic rings. The van der Waals surface area contributed by atoms with Gasteiger partial charge in [0.15, 0.2) is 6.10 Å². The van der Waals surface area contributed by atoms with Crippen LogP contribution in [0.5, 0.6) is 0 Å². The molecule has 7 heteroatoms. The van der Waals surface area contributed by atoms with Crippen molar-refractivity contribution >= 4 is 28.6 Å². The van der Waals surface area contributed by atoms with Gasteiger partial charge in [-0.25, -0.2) is 9.59 Å². The molecule has 0 aliphatic rings. The highest BCUT2D eigenvalue weighted by Gasteiger charge is 2.31. The third-order valence-electron chi connectivity index (χ3n) is 5.54. The molecule has 0 aliphatic heterocycles. The summed E-state index contributed by atoms with van der Waals surface area (Å²) in [6, 6.07) is 16.3. The summed E-state index contributed by atoms with van der Waals surface area (Å²) in [6.45, 7) is 5.24. The van der Waals surface area contributed by atoms with E-state index in [4.69, 9.17) is 9.47 Å². The number of carbonyl (C=O) groups excluding carboxylic acids is 3. The van der Waals surface area contributed by atoms with E-state index in [0.29, 0.717) is 22.4 Å². The summed E-state index contributed by atoms with van der Waals surface area (Å²) >= 11 is 0. The normalized spacial score (nSPS) is 11.8. The topological polar surface area (TPSA) is 101 Å². The molecule has 4 rings (SSSR count). The molecule has 1 atom stereocenters. The van der Waals surface area contributed by atoms with Gasteiger partial charge in [0.25, 0.3) is 0 Å². The van der Waals surface area contributed by atoms with E-state index in [1.807, 2.05) is 30.3 Å². The number of carbonyl (C=O) groups is 3. The van der Waals surface area contributed by atoms with Crippen molar-refractivity contribution in [2.75, 3.05) is 6.61 Å². The second-order valence-corrected chi connectivity index (χ2v) is 7.65.